The molecule has 0 unspecified atom stereocenters. The van der Waals surface area contributed by atoms with Gasteiger partial charge in [-0.25, -0.2) is 0 Å². The number of pyridine rings is 1. The van der Waals surface area contributed by atoms with E-state index < -0.39 is 5.56 Å². The molecule has 6 heteroatoms. The smallest absolute Gasteiger partial charge is 0.268 e. The number of aromatic amines is 1. The van der Waals surface area contributed by atoms with Crippen LogP contribution in [0, 0.1) is 22.7 Å². The minimum atomic E-state index is -0.589. The highest BCUT2D eigenvalue weighted by Gasteiger charge is 2.20. The van der Waals surface area contributed by atoms with Gasteiger partial charge in [0, 0.05) is 12.1 Å². The SMILES string of the molecule is CN(C)Cc1ccccc1-c1c(C#N)c(N)[nH]c(=O)c1C#N. The molecule has 3 N–H and O–H groups in total. The second-order valence-corrected chi connectivity index (χ2v) is 5.11. The highest BCUT2D eigenvalue weighted by Crippen LogP contribution is 2.31. The first-order chi connectivity index (χ1) is 10.5. The topological polar surface area (TPSA) is 110 Å². The summed E-state index contributed by atoms with van der Waals surface area (Å²) in [4.78, 5) is 16.3. The standard InChI is InChI=1S/C16H15N5O/c1-21(2)9-10-5-3-4-6-11(10)14-12(7-17)15(19)20-16(22)13(14)8-18/h3-6H,9H2,1-2H3,(H3,19,20,22). The summed E-state index contributed by atoms with van der Waals surface area (Å²) in [6.07, 6.45) is 0. The number of H-pyrrole nitrogens is 1. The number of nitriles is 2. The van der Waals surface area contributed by atoms with E-state index in [0.717, 1.165) is 5.56 Å². The summed E-state index contributed by atoms with van der Waals surface area (Å²) < 4.78 is 0. The van der Waals surface area contributed by atoms with Crippen molar-refractivity contribution < 1.29 is 0 Å². The number of anilines is 1. The summed E-state index contributed by atoms with van der Waals surface area (Å²) in [6.45, 7) is 0.610. The maximum absolute atomic E-state index is 12.0. The molecular formula is C16H15N5O. The van der Waals surface area contributed by atoms with Gasteiger partial charge >= 0.3 is 0 Å². The molecule has 0 aliphatic carbocycles. The number of benzene rings is 1. The van der Waals surface area contributed by atoms with Crippen LogP contribution >= 0.6 is 0 Å². The molecule has 0 aliphatic rings. The van der Waals surface area contributed by atoms with E-state index in [1.165, 1.54) is 0 Å². The van der Waals surface area contributed by atoms with Crippen molar-refractivity contribution in [2.24, 2.45) is 0 Å². The van der Waals surface area contributed by atoms with E-state index in [0.29, 0.717) is 17.7 Å². The molecule has 110 valence electrons. The third kappa shape index (κ3) is 2.69. The van der Waals surface area contributed by atoms with Gasteiger partial charge in [-0.3, -0.25) is 4.79 Å². The lowest BCUT2D eigenvalue weighted by Crippen LogP contribution is -2.17. The van der Waals surface area contributed by atoms with E-state index in [-0.39, 0.29) is 16.9 Å². The van der Waals surface area contributed by atoms with Crippen molar-refractivity contribution in [3.05, 3.63) is 51.3 Å². The summed E-state index contributed by atoms with van der Waals surface area (Å²) >= 11 is 0. The van der Waals surface area contributed by atoms with Crippen molar-refractivity contribution >= 4 is 5.82 Å². The van der Waals surface area contributed by atoms with E-state index in [9.17, 15) is 15.3 Å². The lowest BCUT2D eigenvalue weighted by molar-refractivity contribution is 0.403. The lowest BCUT2D eigenvalue weighted by Gasteiger charge is -2.16. The van der Waals surface area contributed by atoms with Gasteiger partial charge in [-0.2, -0.15) is 10.5 Å². The molecule has 6 nitrogen and oxygen atoms in total. The molecule has 0 fully saturated rings. The zero-order chi connectivity index (χ0) is 16.3. The van der Waals surface area contributed by atoms with Crippen LogP contribution in [0.2, 0.25) is 0 Å². The van der Waals surface area contributed by atoms with Crippen LogP contribution < -0.4 is 11.3 Å². The van der Waals surface area contributed by atoms with E-state index in [4.69, 9.17) is 5.73 Å². The van der Waals surface area contributed by atoms with E-state index in [1.54, 1.807) is 12.1 Å². The molecule has 0 amide bonds. The fraction of sp³-hybridized carbons (Fsp3) is 0.188. The largest absolute Gasteiger partial charge is 0.384 e. The molecule has 1 aromatic carbocycles. The molecule has 0 aliphatic heterocycles. The molecule has 0 atom stereocenters. The zero-order valence-corrected chi connectivity index (χ0v) is 12.3. The predicted octanol–water partition coefficient (Wildman–Crippen LogP) is 1.43. The van der Waals surface area contributed by atoms with Gasteiger partial charge in [0.05, 0.1) is 0 Å². The molecule has 1 aromatic heterocycles. The van der Waals surface area contributed by atoms with Crippen LogP contribution in [0.25, 0.3) is 11.1 Å². The van der Waals surface area contributed by atoms with Gasteiger partial charge in [0.2, 0.25) is 0 Å². The van der Waals surface area contributed by atoms with Crippen LogP contribution in [0.4, 0.5) is 5.82 Å². The minimum absolute atomic E-state index is 0.0267. The highest BCUT2D eigenvalue weighted by atomic mass is 16.1. The summed E-state index contributed by atoms with van der Waals surface area (Å²) in [7, 11) is 3.83. The quantitative estimate of drug-likeness (QED) is 0.889. The van der Waals surface area contributed by atoms with Crippen LogP contribution in [-0.2, 0) is 6.54 Å². The monoisotopic (exact) mass is 293 g/mol. The molecule has 0 radical (unpaired) electrons. The molecule has 0 saturated carbocycles. The molecular weight excluding hydrogens is 278 g/mol. The molecule has 0 bridgehead atoms. The van der Waals surface area contributed by atoms with Crippen LogP contribution in [0.5, 0.6) is 0 Å². The molecule has 2 aromatic rings. The lowest BCUT2D eigenvalue weighted by atomic mass is 9.92. The van der Waals surface area contributed by atoms with Crippen molar-refractivity contribution in [3.63, 3.8) is 0 Å². The van der Waals surface area contributed by atoms with Crippen LogP contribution in [-0.4, -0.2) is 24.0 Å². The molecule has 22 heavy (non-hydrogen) atoms. The molecule has 1 heterocycles. The first-order valence-corrected chi connectivity index (χ1v) is 6.58. The van der Waals surface area contributed by atoms with Crippen LogP contribution in [0.3, 0.4) is 0 Å². The number of hydrogen-bond donors (Lipinski definition) is 2. The number of nitrogen functional groups attached to an aromatic ring is 1. The Hall–Kier alpha value is -3.09. The Kier molecular flexibility index (Phi) is 4.26. The Morgan fingerprint density at radius 3 is 2.41 bits per heavy atom. The molecule has 0 saturated heterocycles. The average Bonchev–Trinajstić information content (AvgIpc) is 2.46. The third-order valence-electron chi connectivity index (χ3n) is 3.24. The summed E-state index contributed by atoms with van der Waals surface area (Å²) in [5.41, 5.74) is 7.04. The summed E-state index contributed by atoms with van der Waals surface area (Å²) in [5, 5.41) is 18.7. The van der Waals surface area contributed by atoms with Crippen molar-refractivity contribution in [2.45, 2.75) is 6.54 Å². The van der Waals surface area contributed by atoms with Crippen molar-refractivity contribution in [1.29, 1.82) is 10.5 Å². The Labute approximate surface area is 128 Å². The van der Waals surface area contributed by atoms with Gasteiger partial charge in [0.15, 0.2) is 0 Å². The predicted molar refractivity (Wildman–Crippen MR) is 83.7 cm³/mol. The fourth-order valence-electron chi connectivity index (χ4n) is 2.36. The third-order valence-corrected chi connectivity index (χ3v) is 3.24. The maximum atomic E-state index is 12.0. The fourth-order valence-corrected chi connectivity index (χ4v) is 2.36. The molecule has 0 spiro atoms. The van der Waals surface area contributed by atoms with E-state index in [1.807, 2.05) is 43.3 Å². The second-order valence-electron chi connectivity index (χ2n) is 5.11. The number of hydrogen-bond acceptors (Lipinski definition) is 5. The van der Waals surface area contributed by atoms with Gasteiger partial charge in [-0.1, -0.05) is 24.3 Å². The van der Waals surface area contributed by atoms with E-state index in [2.05, 4.69) is 4.98 Å². The van der Waals surface area contributed by atoms with Gasteiger partial charge in [0.25, 0.3) is 5.56 Å². The zero-order valence-electron chi connectivity index (χ0n) is 12.3. The Bertz CT molecular complexity index is 852. The molecule has 2 rings (SSSR count). The van der Waals surface area contributed by atoms with Gasteiger partial charge in [-0.15, -0.1) is 0 Å². The first-order valence-electron chi connectivity index (χ1n) is 6.58. The highest BCUT2D eigenvalue weighted by molar-refractivity contribution is 5.81. The normalized spacial score (nSPS) is 10.2. The number of nitrogens with zero attached hydrogens (tertiary/aromatic N) is 3. The van der Waals surface area contributed by atoms with Crippen molar-refractivity contribution in [3.8, 4) is 23.3 Å². The van der Waals surface area contributed by atoms with Crippen LogP contribution in [0.1, 0.15) is 16.7 Å². The van der Waals surface area contributed by atoms with Gasteiger partial charge in [0.1, 0.15) is 29.1 Å². The van der Waals surface area contributed by atoms with Crippen molar-refractivity contribution in [1.82, 2.24) is 9.88 Å². The number of rotatable bonds is 3. The first kappa shape index (κ1) is 15.3. The summed E-state index contributed by atoms with van der Waals surface area (Å²) in [5.74, 6) is -0.0267. The Morgan fingerprint density at radius 2 is 1.82 bits per heavy atom. The van der Waals surface area contributed by atoms with Crippen LogP contribution in [0.15, 0.2) is 29.1 Å². The minimum Gasteiger partial charge on any atom is -0.384 e. The number of nitrogens with two attached hydrogens (primary N) is 1. The average molecular weight is 293 g/mol. The number of aromatic nitrogens is 1. The van der Waals surface area contributed by atoms with Gasteiger partial charge in [-0.05, 0) is 25.2 Å². The maximum Gasteiger partial charge on any atom is 0.268 e. The van der Waals surface area contributed by atoms with E-state index >= 15 is 0 Å². The Balaban J connectivity index is 2.87. The van der Waals surface area contributed by atoms with Crippen molar-refractivity contribution in [2.75, 3.05) is 19.8 Å². The number of nitrogens with one attached hydrogen (secondary N) is 1. The second kappa shape index (κ2) is 6.13. The van der Waals surface area contributed by atoms with Gasteiger partial charge < -0.3 is 15.6 Å². The Morgan fingerprint density at radius 1 is 1.18 bits per heavy atom. The summed E-state index contributed by atoms with van der Waals surface area (Å²) in [6, 6.07) is 11.2.